The number of rotatable bonds is 10. The molecule has 0 bridgehead atoms. The van der Waals surface area contributed by atoms with Crippen LogP contribution in [0.25, 0.3) is 10.9 Å². The Hall–Kier alpha value is -5.75. The summed E-state index contributed by atoms with van der Waals surface area (Å²) in [6.07, 6.45) is 9.41. The van der Waals surface area contributed by atoms with Gasteiger partial charge >= 0.3 is 0 Å². The normalized spacial score (nSPS) is 17.2. The van der Waals surface area contributed by atoms with Crippen molar-refractivity contribution in [3.8, 4) is 0 Å². The fraction of sp³-hybridized carbons (Fsp3) is 0.317. The van der Waals surface area contributed by atoms with Gasteiger partial charge in [0.05, 0.1) is 34.2 Å². The minimum atomic E-state index is -0.774. The van der Waals surface area contributed by atoms with Gasteiger partial charge in [-0.3, -0.25) is 38.9 Å². The standard InChI is InChI=1S/C41H40FN7O4/c1-25-9-10-30(19-44-25)46-15-5-6-31(23-46)47(20-27-13-14-43-26(2)16-27)21-28-22-48(29-11-12-29)37-18-36(35(42)17-34(37)39(28)51)45-38(50)24-49-40(52)32-7-3-4-8-33(32)41(49)53/h3-4,7-10,13-14,16-19,22,29,31H,5-6,11-12,15,20-21,23-24H2,1-2H3,(H,45,50). The van der Waals surface area contributed by atoms with Crippen molar-refractivity contribution in [3.05, 3.63) is 129 Å². The van der Waals surface area contributed by atoms with Gasteiger partial charge in [-0.15, -0.1) is 0 Å². The molecule has 1 saturated carbocycles. The Morgan fingerprint density at radius 3 is 2.40 bits per heavy atom. The summed E-state index contributed by atoms with van der Waals surface area (Å²) in [7, 11) is 0. The quantitative estimate of drug-likeness (QED) is 0.181. The maximum Gasteiger partial charge on any atom is 0.262 e. The van der Waals surface area contributed by atoms with E-state index in [1.807, 2.05) is 49.1 Å². The Balaban J connectivity index is 1.08. The van der Waals surface area contributed by atoms with Crippen LogP contribution in [-0.4, -0.2) is 67.7 Å². The van der Waals surface area contributed by atoms with Gasteiger partial charge in [0, 0.05) is 73.0 Å². The fourth-order valence-corrected chi connectivity index (χ4v) is 7.61. The van der Waals surface area contributed by atoms with Gasteiger partial charge in [0.2, 0.25) is 5.91 Å². The Labute approximate surface area is 306 Å². The van der Waals surface area contributed by atoms with Crippen LogP contribution in [0.2, 0.25) is 0 Å². The molecule has 0 spiro atoms. The number of hydrogen-bond donors (Lipinski definition) is 1. The molecule has 2 aliphatic heterocycles. The molecule has 0 radical (unpaired) electrons. The molecule has 53 heavy (non-hydrogen) atoms. The summed E-state index contributed by atoms with van der Waals surface area (Å²) in [4.78, 5) is 67.5. The SMILES string of the molecule is Cc1ccc(N2CCCC(N(Cc3ccnc(C)c3)Cc3cn(C4CC4)c4cc(NC(=O)CN5C(=O)c6ccccc6C5=O)c(F)cc4c3=O)C2)cn1. The molecule has 3 amide bonds. The molecule has 8 rings (SSSR count). The number of anilines is 2. The number of fused-ring (bicyclic) bond motifs is 2. The smallest absolute Gasteiger partial charge is 0.262 e. The largest absolute Gasteiger partial charge is 0.369 e. The van der Waals surface area contributed by atoms with Gasteiger partial charge in [-0.25, -0.2) is 4.39 Å². The highest BCUT2D eigenvalue weighted by Gasteiger charge is 2.36. The molecular weight excluding hydrogens is 673 g/mol. The van der Waals surface area contributed by atoms with Gasteiger partial charge in [-0.05, 0) is 93.6 Å². The number of piperidine rings is 1. The van der Waals surface area contributed by atoms with Gasteiger partial charge < -0.3 is 14.8 Å². The van der Waals surface area contributed by atoms with Gasteiger partial charge in [-0.2, -0.15) is 0 Å². The molecule has 5 aromatic rings. The third-order valence-electron chi connectivity index (χ3n) is 10.5. The van der Waals surface area contributed by atoms with E-state index in [2.05, 4.69) is 37.2 Å². The van der Waals surface area contributed by atoms with E-state index in [1.165, 1.54) is 24.3 Å². The van der Waals surface area contributed by atoms with Crippen LogP contribution in [0.15, 0.2) is 84.0 Å². The summed E-state index contributed by atoms with van der Waals surface area (Å²) in [5, 5.41) is 2.78. The molecule has 270 valence electrons. The lowest BCUT2D eigenvalue weighted by Crippen LogP contribution is -2.48. The number of hydrogen-bond acceptors (Lipinski definition) is 8. The van der Waals surface area contributed by atoms with Crippen LogP contribution in [0.5, 0.6) is 0 Å². The van der Waals surface area contributed by atoms with Gasteiger partial charge in [0.15, 0.2) is 5.43 Å². The average Bonchev–Trinajstić information content (AvgIpc) is 3.98. The number of imide groups is 1. The number of nitrogens with zero attached hydrogens (tertiary/aromatic N) is 6. The third-order valence-corrected chi connectivity index (χ3v) is 10.5. The lowest BCUT2D eigenvalue weighted by molar-refractivity contribution is -0.116. The maximum atomic E-state index is 15.8. The second-order valence-corrected chi connectivity index (χ2v) is 14.4. The predicted octanol–water partition coefficient (Wildman–Crippen LogP) is 5.79. The van der Waals surface area contributed by atoms with Gasteiger partial charge in [0.25, 0.3) is 11.8 Å². The van der Waals surface area contributed by atoms with E-state index in [1.54, 1.807) is 12.1 Å². The Morgan fingerprint density at radius 2 is 1.70 bits per heavy atom. The van der Waals surface area contributed by atoms with E-state index in [0.29, 0.717) is 24.2 Å². The highest BCUT2D eigenvalue weighted by Crippen LogP contribution is 2.38. The zero-order valence-electron chi connectivity index (χ0n) is 29.7. The van der Waals surface area contributed by atoms with E-state index in [0.717, 1.165) is 66.3 Å². The highest BCUT2D eigenvalue weighted by atomic mass is 19.1. The number of benzene rings is 2. The Kier molecular flexibility index (Phi) is 9.07. The van der Waals surface area contributed by atoms with Crippen LogP contribution in [0.4, 0.5) is 15.8 Å². The molecular formula is C41H40FN7O4. The molecule has 3 aliphatic rings. The number of nitrogens with one attached hydrogen (secondary N) is 1. The summed E-state index contributed by atoms with van der Waals surface area (Å²) in [5.74, 6) is -2.64. The number of amides is 3. The van der Waals surface area contributed by atoms with Crippen LogP contribution in [0.3, 0.4) is 0 Å². The molecule has 1 atom stereocenters. The van der Waals surface area contributed by atoms with Crippen LogP contribution < -0.4 is 15.6 Å². The minimum absolute atomic E-state index is 0.122. The molecule has 1 N–H and O–H groups in total. The monoisotopic (exact) mass is 713 g/mol. The van der Waals surface area contributed by atoms with E-state index >= 15 is 4.39 Å². The molecule has 3 aromatic heterocycles. The minimum Gasteiger partial charge on any atom is -0.369 e. The number of halogens is 1. The molecule has 5 heterocycles. The summed E-state index contributed by atoms with van der Waals surface area (Å²) in [6, 6.07) is 17.5. The molecule has 2 fully saturated rings. The number of pyridine rings is 3. The van der Waals surface area contributed by atoms with Crippen molar-refractivity contribution in [2.24, 2.45) is 0 Å². The van der Waals surface area contributed by atoms with E-state index in [9.17, 15) is 19.2 Å². The zero-order valence-corrected chi connectivity index (χ0v) is 29.7. The van der Waals surface area contributed by atoms with Crippen LogP contribution in [0, 0.1) is 19.7 Å². The second kappa shape index (κ2) is 14.0. The van der Waals surface area contributed by atoms with Gasteiger partial charge in [0.1, 0.15) is 12.4 Å². The summed E-state index contributed by atoms with van der Waals surface area (Å²) in [6.45, 7) is 6.05. The topological polar surface area (TPSA) is 121 Å². The highest BCUT2D eigenvalue weighted by molar-refractivity contribution is 6.22. The molecule has 1 saturated heterocycles. The zero-order chi connectivity index (χ0) is 36.8. The lowest BCUT2D eigenvalue weighted by Gasteiger charge is -2.40. The lowest BCUT2D eigenvalue weighted by atomic mass is 10.0. The van der Waals surface area contributed by atoms with E-state index < -0.39 is 30.1 Å². The van der Waals surface area contributed by atoms with Crippen molar-refractivity contribution in [1.82, 2.24) is 24.3 Å². The van der Waals surface area contributed by atoms with Crippen molar-refractivity contribution in [2.75, 3.05) is 29.9 Å². The number of aryl methyl sites for hydroxylation is 2. The second-order valence-electron chi connectivity index (χ2n) is 14.4. The number of carbonyl (C=O) groups excluding carboxylic acids is 3. The molecule has 1 unspecified atom stereocenters. The number of carbonyl (C=O) groups is 3. The van der Waals surface area contributed by atoms with Crippen LogP contribution >= 0.6 is 0 Å². The molecule has 12 heteroatoms. The fourth-order valence-electron chi connectivity index (χ4n) is 7.61. The van der Waals surface area contributed by atoms with Crippen LogP contribution in [0.1, 0.15) is 75.0 Å². The van der Waals surface area contributed by atoms with Crippen molar-refractivity contribution in [1.29, 1.82) is 0 Å². The molecule has 11 nitrogen and oxygen atoms in total. The number of aromatic nitrogens is 3. The first-order valence-electron chi connectivity index (χ1n) is 18.1. The summed E-state index contributed by atoms with van der Waals surface area (Å²) >= 11 is 0. The predicted molar refractivity (Wildman–Crippen MR) is 199 cm³/mol. The summed E-state index contributed by atoms with van der Waals surface area (Å²) < 4.78 is 17.8. The van der Waals surface area contributed by atoms with Gasteiger partial charge in [-0.1, -0.05) is 12.1 Å². The first kappa shape index (κ1) is 34.3. The first-order valence-corrected chi connectivity index (χ1v) is 18.1. The van der Waals surface area contributed by atoms with E-state index in [4.69, 9.17) is 0 Å². The van der Waals surface area contributed by atoms with Crippen molar-refractivity contribution in [2.45, 2.75) is 64.7 Å². The van der Waals surface area contributed by atoms with E-state index in [-0.39, 0.29) is 39.7 Å². The summed E-state index contributed by atoms with van der Waals surface area (Å²) in [5.41, 5.74) is 5.22. The third kappa shape index (κ3) is 6.94. The Bertz CT molecular complexity index is 2290. The first-order chi connectivity index (χ1) is 25.6. The van der Waals surface area contributed by atoms with Crippen molar-refractivity contribution in [3.63, 3.8) is 0 Å². The molecule has 2 aromatic carbocycles. The van der Waals surface area contributed by atoms with Crippen molar-refractivity contribution >= 4 is 40.0 Å². The van der Waals surface area contributed by atoms with Crippen LogP contribution in [-0.2, 0) is 17.9 Å². The van der Waals surface area contributed by atoms with Crippen molar-refractivity contribution < 1.29 is 18.8 Å². The maximum absolute atomic E-state index is 15.8. The average molecular weight is 714 g/mol. The molecule has 1 aliphatic carbocycles. The Morgan fingerprint density at radius 1 is 0.925 bits per heavy atom.